The smallest absolute Gasteiger partial charge is 0.264 e. The molecule has 0 aromatic heterocycles. The van der Waals surface area contributed by atoms with Crippen LogP contribution in [0.25, 0.3) is 0 Å². The van der Waals surface area contributed by atoms with Crippen molar-refractivity contribution in [3.8, 4) is 0 Å². The second-order valence-electron chi connectivity index (χ2n) is 7.22. The number of amides is 1. The molecule has 30 heavy (non-hydrogen) atoms. The van der Waals surface area contributed by atoms with Crippen molar-refractivity contribution in [1.82, 2.24) is 0 Å². The van der Waals surface area contributed by atoms with Gasteiger partial charge in [-0.15, -0.1) is 0 Å². The first kappa shape index (κ1) is 21.6. The van der Waals surface area contributed by atoms with E-state index in [1.165, 1.54) is 41.2 Å². The van der Waals surface area contributed by atoms with Crippen LogP contribution in [-0.2, 0) is 10.0 Å². The number of nitrogens with one attached hydrogen (secondary N) is 1. The molecular weight excluding hydrogens is 396 g/mol. The van der Waals surface area contributed by atoms with Crippen LogP contribution in [0.15, 0.2) is 83.8 Å². The molecule has 1 N–H and O–H groups in total. The predicted octanol–water partition coefficient (Wildman–Crippen LogP) is 5.28. The zero-order chi connectivity index (χ0) is 21.7. The molecule has 3 aromatic rings. The Hall–Kier alpha value is -3.12. The van der Waals surface area contributed by atoms with E-state index in [0.29, 0.717) is 22.9 Å². The Balaban J connectivity index is 1.72. The van der Waals surface area contributed by atoms with Gasteiger partial charge in [0.25, 0.3) is 15.9 Å². The summed E-state index contributed by atoms with van der Waals surface area (Å²) in [5.74, 6) is 0.185. The molecule has 0 aliphatic rings. The number of rotatable bonds is 7. The fraction of sp³-hybridized carbons (Fsp3) is 0.208. The fourth-order valence-corrected chi connectivity index (χ4v) is 4.24. The van der Waals surface area contributed by atoms with Crippen molar-refractivity contribution in [3.05, 3.63) is 90.0 Å². The molecule has 0 unspecified atom stereocenters. The third-order valence-corrected chi connectivity index (χ3v) is 7.04. The molecule has 1 amide bonds. The molecule has 5 nitrogen and oxygen atoms in total. The third-order valence-electron chi connectivity index (χ3n) is 5.24. The number of carbonyl (C=O) groups excluding carboxylic acids is 1. The summed E-state index contributed by atoms with van der Waals surface area (Å²) >= 11 is 0. The minimum absolute atomic E-state index is 0.128. The second kappa shape index (κ2) is 9.13. The molecule has 0 saturated heterocycles. The molecule has 6 heteroatoms. The highest BCUT2D eigenvalue weighted by Gasteiger charge is 2.21. The lowest BCUT2D eigenvalue weighted by atomic mass is 9.98. The molecule has 1 atom stereocenters. The van der Waals surface area contributed by atoms with Crippen molar-refractivity contribution in [2.45, 2.75) is 31.1 Å². The average molecular weight is 423 g/mol. The lowest BCUT2D eigenvalue weighted by molar-refractivity contribution is 0.102. The summed E-state index contributed by atoms with van der Waals surface area (Å²) in [6.07, 6.45) is 1.06. The summed E-state index contributed by atoms with van der Waals surface area (Å²) in [6, 6.07) is 22.6. The molecule has 3 aromatic carbocycles. The van der Waals surface area contributed by atoms with E-state index in [4.69, 9.17) is 0 Å². The first-order valence-electron chi connectivity index (χ1n) is 9.88. The summed E-state index contributed by atoms with van der Waals surface area (Å²) < 4.78 is 26.9. The van der Waals surface area contributed by atoms with Gasteiger partial charge < -0.3 is 5.32 Å². The van der Waals surface area contributed by atoms with E-state index in [1.807, 2.05) is 30.3 Å². The molecule has 0 aliphatic carbocycles. The van der Waals surface area contributed by atoms with E-state index >= 15 is 0 Å². The molecule has 0 radical (unpaired) electrons. The van der Waals surface area contributed by atoms with Gasteiger partial charge in [0.05, 0.1) is 10.6 Å². The van der Waals surface area contributed by atoms with Crippen LogP contribution >= 0.6 is 0 Å². The molecule has 0 spiro atoms. The third kappa shape index (κ3) is 4.71. The highest BCUT2D eigenvalue weighted by molar-refractivity contribution is 7.92. The molecule has 0 saturated carbocycles. The summed E-state index contributed by atoms with van der Waals surface area (Å²) in [6.45, 7) is 4.31. The standard InChI is InChI=1S/C24H26N2O3S/c1-4-18(2)19-10-14-21(15-11-19)25-24(27)20-12-16-23(17-13-20)30(28,29)26(3)22-8-6-5-7-9-22/h5-18H,4H2,1-3H3,(H,25,27)/t18-/m0/s1. The Morgan fingerprint density at radius 3 is 2.10 bits per heavy atom. The van der Waals surface area contributed by atoms with Crippen molar-refractivity contribution in [2.75, 3.05) is 16.7 Å². The molecule has 0 heterocycles. The zero-order valence-electron chi connectivity index (χ0n) is 17.4. The highest BCUT2D eigenvalue weighted by atomic mass is 32.2. The van der Waals surface area contributed by atoms with Gasteiger partial charge in [0.15, 0.2) is 0 Å². The Morgan fingerprint density at radius 1 is 0.933 bits per heavy atom. The molecule has 156 valence electrons. The highest BCUT2D eigenvalue weighted by Crippen LogP contribution is 2.23. The van der Waals surface area contributed by atoms with Crippen molar-refractivity contribution in [3.63, 3.8) is 0 Å². The van der Waals surface area contributed by atoms with Crippen molar-refractivity contribution < 1.29 is 13.2 Å². The monoisotopic (exact) mass is 422 g/mol. The maximum atomic E-state index is 12.8. The van der Waals surface area contributed by atoms with Gasteiger partial charge in [-0.05, 0) is 66.4 Å². The second-order valence-corrected chi connectivity index (χ2v) is 9.19. The van der Waals surface area contributed by atoms with Gasteiger partial charge in [-0.2, -0.15) is 0 Å². The number of sulfonamides is 1. The molecular formula is C24H26N2O3S. The predicted molar refractivity (Wildman–Crippen MR) is 122 cm³/mol. The molecule has 0 aliphatic heterocycles. The van der Waals surface area contributed by atoms with Crippen LogP contribution in [0.5, 0.6) is 0 Å². The minimum Gasteiger partial charge on any atom is -0.322 e. The Morgan fingerprint density at radius 2 is 1.53 bits per heavy atom. The summed E-state index contributed by atoms with van der Waals surface area (Å²) in [7, 11) is -2.20. The summed E-state index contributed by atoms with van der Waals surface area (Å²) in [5, 5.41) is 2.85. The van der Waals surface area contributed by atoms with Crippen LogP contribution in [0.3, 0.4) is 0 Å². The number of hydrogen-bond donors (Lipinski definition) is 1. The quantitative estimate of drug-likeness (QED) is 0.563. The minimum atomic E-state index is -3.71. The van der Waals surface area contributed by atoms with Gasteiger partial charge in [0.1, 0.15) is 0 Å². The zero-order valence-corrected chi connectivity index (χ0v) is 18.2. The number of carbonyl (C=O) groups is 1. The van der Waals surface area contributed by atoms with Gasteiger partial charge in [0, 0.05) is 18.3 Å². The maximum absolute atomic E-state index is 12.8. The largest absolute Gasteiger partial charge is 0.322 e. The summed E-state index contributed by atoms with van der Waals surface area (Å²) in [4.78, 5) is 12.7. The Labute approximate surface area is 178 Å². The first-order valence-corrected chi connectivity index (χ1v) is 11.3. The van der Waals surface area contributed by atoms with Crippen LogP contribution in [0.2, 0.25) is 0 Å². The van der Waals surface area contributed by atoms with Crippen molar-refractivity contribution >= 4 is 27.3 Å². The van der Waals surface area contributed by atoms with Gasteiger partial charge in [0.2, 0.25) is 0 Å². The van der Waals surface area contributed by atoms with E-state index in [9.17, 15) is 13.2 Å². The number of anilines is 2. The van der Waals surface area contributed by atoms with Crippen molar-refractivity contribution in [2.24, 2.45) is 0 Å². The van der Waals surface area contributed by atoms with Crippen molar-refractivity contribution in [1.29, 1.82) is 0 Å². The lowest BCUT2D eigenvalue weighted by Gasteiger charge is -2.19. The van der Waals surface area contributed by atoms with E-state index in [2.05, 4.69) is 19.2 Å². The van der Waals surface area contributed by atoms with Crippen LogP contribution in [0, 0.1) is 0 Å². The van der Waals surface area contributed by atoms with Gasteiger partial charge >= 0.3 is 0 Å². The maximum Gasteiger partial charge on any atom is 0.264 e. The first-order chi connectivity index (χ1) is 14.3. The van der Waals surface area contributed by atoms with E-state index in [0.717, 1.165) is 6.42 Å². The SMILES string of the molecule is CC[C@H](C)c1ccc(NC(=O)c2ccc(S(=O)(=O)N(C)c3ccccc3)cc2)cc1. The topological polar surface area (TPSA) is 66.5 Å². The fourth-order valence-electron chi connectivity index (χ4n) is 3.05. The van der Waals surface area contributed by atoms with Gasteiger partial charge in [-0.25, -0.2) is 8.42 Å². The van der Waals surface area contributed by atoms with E-state index in [1.54, 1.807) is 24.3 Å². The number of hydrogen-bond acceptors (Lipinski definition) is 3. The van der Waals surface area contributed by atoms with Gasteiger partial charge in [-0.3, -0.25) is 9.10 Å². The molecule has 0 fully saturated rings. The molecule has 0 bridgehead atoms. The van der Waals surface area contributed by atoms with Crippen LogP contribution < -0.4 is 9.62 Å². The number of para-hydroxylation sites is 1. The summed E-state index contributed by atoms with van der Waals surface area (Å²) in [5.41, 5.74) is 2.89. The Bertz CT molecular complexity index is 1090. The number of benzene rings is 3. The normalized spacial score (nSPS) is 12.2. The molecule has 3 rings (SSSR count). The lowest BCUT2D eigenvalue weighted by Crippen LogP contribution is -2.26. The number of nitrogens with zero attached hydrogens (tertiary/aromatic N) is 1. The van der Waals surface area contributed by atoms with Gasteiger partial charge in [-0.1, -0.05) is 44.2 Å². The Kier molecular flexibility index (Phi) is 6.57. The van der Waals surface area contributed by atoms with Crippen LogP contribution in [0.4, 0.5) is 11.4 Å². The van der Waals surface area contributed by atoms with Crippen LogP contribution in [-0.4, -0.2) is 21.4 Å². The van der Waals surface area contributed by atoms with Crippen LogP contribution in [0.1, 0.15) is 42.1 Å². The average Bonchev–Trinajstić information content (AvgIpc) is 2.79. The van der Waals surface area contributed by atoms with E-state index < -0.39 is 10.0 Å². The van der Waals surface area contributed by atoms with E-state index in [-0.39, 0.29) is 10.8 Å².